The van der Waals surface area contributed by atoms with Gasteiger partial charge in [-0.1, -0.05) is 0 Å². The first-order valence-corrected chi connectivity index (χ1v) is 10.5. The Hall–Kier alpha value is -2.13. The fourth-order valence-corrected chi connectivity index (χ4v) is 4.05. The van der Waals surface area contributed by atoms with Gasteiger partial charge in [0.15, 0.2) is 5.76 Å². The van der Waals surface area contributed by atoms with Gasteiger partial charge in [0.2, 0.25) is 15.9 Å². The zero-order valence-corrected chi connectivity index (χ0v) is 15.8. The highest BCUT2D eigenvalue weighted by atomic mass is 32.2. The normalized spacial score (nSPS) is 16.7. The van der Waals surface area contributed by atoms with E-state index in [2.05, 4.69) is 10.3 Å². The predicted octanol–water partition coefficient (Wildman–Crippen LogP) is 1.01. The number of carbonyl (C=O) groups excluding carboxylic acids is 1. The van der Waals surface area contributed by atoms with Crippen LogP contribution in [0.25, 0.3) is 11.5 Å². The van der Waals surface area contributed by atoms with E-state index in [1.165, 1.54) is 10.6 Å². The third kappa shape index (κ3) is 4.34. The Morgan fingerprint density at radius 2 is 2.12 bits per heavy atom. The number of nitrogens with zero attached hydrogens (tertiary/aromatic N) is 3. The van der Waals surface area contributed by atoms with Gasteiger partial charge in [0.25, 0.3) is 0 Å². The molecule has 0 aromatic carbocycles. The average Bonchev–Trinajstić information content (AvgIpc) is 3.24. The second kappa shape index (κ2) is 7.63. The first-order valence-electron chi connectivity index (χ1n) is 8.63. The number of nitrogens with one attached hydrogen (secondary N) is 1. The average molecular weight is 380 g/mol. The Labute approximate surface area is 153 Å². The number of amides is 1. The minimum atomic E-state index is -3.17. The molecule has 2 aromatic rings. The molecule has 2 aromatic heterocycles. The minimum Gasteiger partial charge on any atom is -0.463 e. The molecule has 0 atom stereocenters. The molecular formula is C17H24N4O4S. The number of piperidine rings is 1. The number of furan rings is 1. The second-order valence-corrected chi connectivity index (χ2v) is 8.59. The van der Waals surface area contributed by atoms with Crippen LogP contribution in [0.5, 0.6) is 0 Å². The molecule has 0 saturated carbocycles. The monoisotopic (exact) mass is 380 g/mol. The lowest BCUT2D eigenvalue weighted by Crippen LogP contribution is -2.43. The maximum Gasteiger partial charge on any atom is 0.223 e. The van der Waals surface area contributed by atoms with Crippen LogP contribution in [0.4, 0.5) is 0 Å². The van der Waals surface area contributed by atoms with Gasteiger partial charge >= 0.3 is 0 Å². The number of imidazole rings is 1. The summed E-state index contributed by atoms with van der Waals surface area (Å²) in [6.07, 6.45) is 6.45. The van der Waals surface area contributed by atoms with Gasteiger partial charge in [0, 0.05) is 45.2 Å². The van der Waals surface area contributed by atoms with E-state index in [0.29, 0.717) is 44.7 Å². The van der Waals surface area contributed by atoms with Crippen LogP contribution in [0.2, 0.25) is 0 Å². The predicted molar refractivity (Wildman–Crippen MR) is 96.8 cm³/mol. The third-order valence-corrected chi connectivity index (χ3v) is 5.99. The van der Waals surface area contributed by atoms with Crippen molar-refractivity contribution >= 4 is 15.9 Å². The molecule has 142 valence electrons. The molecule has 1 aliphatic heterocycles. The summed E-state index contributed by atoms with van der Waals surface area (Å²) < 4.78 is 31.7. The molecule has 1 fully saturated rings. The molecule has 1 saturated heterocycles. The van der Waals surface area contributed by atoms with Crippen LogP contribution in [0.15, 0.2) is 29.0 Å². The summed E-state index contributed by atoms with van der Waals surface area (Å²) in [6, 6.07) is 3.68. The summed E-state index contributed by atoms with van der Waals surface area (Å²) >= 11 is 0. The topological polar surface area (TPSA) is 97.4 Å². The first kappa shape index (κ1) is 18.7. The van der Waals surface area contributed by atoms with Crippen molar-refractivity contribution in [3.05, 3.63) is 30.4 Å². The highest BCUT2D eigenvalue weighted by Crippen LogP contribution is 2.20. The highest BCUT2D eigenvalue weighted by molar-refractivity contribution is 7.88. The van der Waals surface area contributed by atoms with E-state index < -0.39 is 10.0 Å². The summed E-state index contributed by atoms with van der Waals surface area (Å²) in [5.74, 6) is 1.43. The van der Waals surface area contributed by atoms with E-state index in [1.54, 1.807) is 6.26 Å². The van der Waals surface area contributed by atoms with Gasteiger partial charge < -0.3 is 14.3 Å². The fourth-order valence-electron chi connectivity index (χ4n) is 3.17. The minimum absolute atomic E-state index is 0.0152. The van der Waals surface area contributed by atoms with Crippen molar-refractivity contribution in [2.75, 3.05) is 25.9 Å². The summed E-state index contributed by atoms with van der Waals surface area (Å²) in [4.78, 5) is 16.8. The van der Waals surface area contributed by atoms with Crippen LogP contribution in [-0.2, 0) is 28.3 Å². The van der Waals surface area contributed by atoms with Crippen molar-refractivity contribution in [1.82, 2.24) is 19.2 Å². The zero-order chi connectivity index (χ0) is 18.7. The summed E-state index contributed by atoms with van der Waals surface area (Å²) in [5, 5.41) is 2.94. The van der Waals surface area contributed by atoms with Crippen molar-refractivity contribution < 1.29 is 17.6 Å². The van der Waals surface area contributed by atoms with Crippen molar-refractivity contribution in [3.63, 3.8) is 0 Å². The van der Waals surface area contributed by atoms with Gasteiger partial charge in [-0.15, -0.1) is 0 Å². The third-order valence-electron chi connectivity index (χ3n) is 4.69. The smallest absolute Gasteiger partial charge is 0.223 e. The summed E-state index contributed by atoms with van der Waals surface area (Å²) in [5.41, 5.74) is 0.770. The van der Waals surface area contributed by atoms with Crippen molar-refractivity contribution in [1.29, 1.82) is 0 Å². The van der Waals surface area contributed by atoms with Crippen LogP contribution < -0.4 is 5.32 Å². The van der Waals surface area contributed by atoms with E-state index >= 15 is 0 Å². The van der Waals surface area contributed by atoms with Crippen LogP contribution in [0.1, 0.15) is 18.7 Å². The Balaban J connectivity index is 1.47. The van der Waals surface area contributed by atoms with Crippen molar-refractivity contribution in [2.45, 2.75) is 19.3 Å². The van der Waals surface area contributed by atoms with E-state index in [0.717, 1.165) is 11.5 Å². The molecule has 3 heterocycles. The summed E-state index contributed by atoms with van der Waals surface area (Å²) in [6.45, 7) is 1.30. The zero-order valence-electron chi connectivity index (χ0n) is 15.0. The lowest BCUT2D eigenvalue weighted by Gasteiger charge is -2.29. The molecule has 0 unspecified atom stereocenters. The maximum absolute atomic E-state index is 12.3. The maximum atomic E-state index is 12.3. The van der Waals surface area contributed by atoms with Gasteiger partial charge in [0.05, 0.1) is 12.5 Å². The van der Waals surface area contributed by atoms with Gasteiger partial charge in [0.1, 0.15) is 11.5 Å². The largest absolute Gasteiger partial charge is 0.463 e. The Bertz CT molecular complexity index is 849. The molecule has 9 heteroatoms. The number of rotatable bonds is 6. The number of hydrogen-bond donors (Lipinski definition) is 1. The van der Waals surface area contributed by atoms with Crippen molar-refractivity contribution in [2.24, 2.45) is 13.0 Å². The van der Waals surface area contributed by atoms with Gasteiger partial charge in [-0.25, -0.2) is 17.7 Å². The van der Waals surface area contributed by atoms with E-state index in [1.807, 2.05) is 29.9 Å². The molecule has 1 aliphatic rings. The van der Waals surface area contributed by atoms with Crippen LogP contribution in [0.3, 0.4) is 0 Å². The number of aromatic nitrogens is 2. The Kier molecular flexibility index (Phi) is 5.47. The number of sulfonamides is 1. The van der Waals surface area contributed by atoms with Crippen LogP contribution >= 0.6 is 0 Å². The fraction of sp³-hybridized carbons (Fsp3) is 0.529. The first-order chi connectivity index (χ1) is 12.3. The van der Waals surface area contributed by atoms with Gasteiger partial charge in [-0.05, 0) is 25.0 Å². The lowest BCUT2D eigenvalue weighted by atomic mass is 9.97. The number of carbonyl (C=O) groups is 1. The standard InChI is InChI=1S/C17H24N4O4S/c1-20-12-14(15-4-3-11-25-15)19-16(20)5-8-18-17(22)13-6-9-21(10-7-13)26(2,23)24/h3-4,11-13H,5-10H2,1-2H3,(H,18,22). The lowest BCUT2D eigenvalue weighted by molar-refractivity contribution is -0.126. The van der Waals surface area contributed by atoms with Crippen LogP contribution in [0, 0.1) is 5.92 Å². The van der Waals surface area contributed by atoms with E-state index in [-0.39, 0.29) is 11.8 Å². The van der Waals surface area contributed by atoms with Crippen LogP contribution in [-0.4, -0.2) is 54.1 Å². The second-order valence-electron chi connectivity index (χ2n) is 6.61. The van der Waals surface area contributed by atoms with E-state index in [9.17, 15) is 13.2 Å². The SMILES string of the molecule is Cn1cc(-c2ccco2)nc1CCNC(=O)C1CCN(S(C)(=O)=O)CC1. The quantitative estimate of drug-likeness (QED) is 0.807. The van der Waals surface area contributed by atoms with Crippen molar-refractivity contribution in [3.8, 4) is 11.5 Å². The molecule has 0 aliphatic carbocycles. The number of aryl methyl sites for hydroxylation is 1. The molecular weight excluding hydrogens is 356 g/mol. The molecule has 1 amide bonds. The van der Waals surface area contributed by atoms with E-state index in [4.69, 9.17) is 4.42 Å². The molecule has 3 rings (SSSR count). The molecule has 1 N–H and O–H groups in total. The highest BCUT2D eigenvalue weighted by Gasteiger charge is 2.28. The molecule has 0 bridgehead atoms. The Morgan fingerprint density at radius 1 is 1.38 bits per heavy atom. The Morgan fingerprint density at radius 3 is 2.73 bits per heavy atom. The van der Waals surface area contributed by atoms with Gasteiger partial charge in [-0.2, -0.15) is 0 Å². The van der Waals surface area contributed by atoms with Gasteiger partial charge in [-0.3, -0.25) is 4.79 Å². The molecule has 0 spiro atoms. The number of hydrogen-bond acceptors (Lipinski definition) is 5. The molecule has 26 heavy (non-hydrogen) atoms. The summed E-state index contributed by atoms with van der Waals surface area (Å²) in [7, 11) is -1.25. The molecule has 8 nitrogen and oxygen atoms in total. The molecule has 0 radical (unpaired) electrons.